The summed E-state index contributed by atoms with van der Waals surface area (Å²) in [5.41, 5.74) is 0. The summed E-state index contributed by atoms with van der Waals surface area (Å²) in [6.07, 6.45) is -4.36. The van der Waals surface area contributed by atoms with Crippen molar-refractivity contribution in [1.29, 1.82) is 0 Å². The Morgan fingerprint density at radius 1 is 0.400 bits per heavy atom. The summed E-state index contributed by atoms with van der Waals surface area (Å²) in [7, 11) is 0. The van der Waals surface area contributed by atoms with Crippen LogP contribution in [0.2, 0.25) is 0 Å². The van der Waals surface area contributed by atoms with Crippen molar-refractivity contribution in [2.24, 2.45) is 0 Å². The first-order chi connectivity index (χ1) is 9.08. The molecule has 0 heterocycles. The Hall–Kier alpha value is 1.12. The van der Waals surface area contributed by atoms with Crippen molar-refractivity contribution in [2.45, 2.75) is 0 Å². The standard InChI is InChI=1S/2C4H12ClO4P/c2*5-10(1-6,2-7,3-8)4-9/h2*6-9H,1-4H2. The number of aliphatic hydroxyl groups is 8. The van der Waals surface area contributed by atoms with Gasteiger partial charge in [-0.3, -0.25) is 0 Å². The number of aliphatic hydroxyl groups excluding tert-OH is 8. The number of rotatable bonds is 8. The van der Waals surface area contributed by atoms with Gasteiger partial charge >= 0.3 is 126 Å². The van der Waals surface area contributed by atoms with E-state index in [0.29, 0.717) is 0 Å². The van der Waals surface area contributed by atoms with Gasteiger partial charge in [-0.2, -0.15) is 0 Å². The molecule has 8 N–H and O–H groups in total. The average Bonchev–Trinajstić information content (AvgIpc) is 2.55. The van der Waals surface area contributed by atoms with Crippen LogP contribution in [0.15, 0.2) is 0 Å². The number of hydrogen-bond donors (Lipinski definition) is 8. The fourth-order valence-electron chi connectivity index (χ4n) is 0.537. The second kappa shape index (κ2) is 8.67. The zero-order valence-corrected chi connectivity index (χ0v) is 14.2. The third-order valence-corrected chi connectivity index (χ3v) is 11.0. The minimum absolute atomic E-state index is 0.545. The van der Waals surface area contributed by atoms with E-state index in [1.807, 2.05) is 0 Å². The molecule has 0 fully saturated rings. The first kappa shape index (κ1) is 23.4. The SMILES string of the molecule is OCP(Cl)(CO)(CO)CO.OCP(Cl)(CO)(CO)CO. The van der Waals surface area contributed by atoms with Crippen molar-refractivity contribution in [2.75, 3.05) is 50.8 Å². The van der Waals surface area contributed by atoms with Gasteiger partial charge in [0.25, 0.3) is 0 Å². The maximum atomic E-state index is 8.68. The quantitative estimate of drug-likeness (QED) is 0.248. The third kappa shape index (κ3) is 5.72. The summed E-state index contributed by atoms with van der Waals surface area (Å²) in [5, 5.41) is 69.5. The molecule has 0 aliphatic rings. The van der Waals surface area contributed by atoms with Crippen molar-refractivity contribution < 1.29 is 40.9 Å². The second-order valence-corrected chi connectivity index (χ2v) is 20.0. The molecule has 0 aliphatic carbocycles. The van der Waals surface area contributed by atoms with E-state index >= 15 is 0 Å². The molecule has 0 saturated carbocycles. The Morgan fingerprint density at radius 2 is 0.500 bits per heavy atom. The minimum atomic E-state index is -3.46. The Bertz CT molecular complexity index is 213. The first-order valence-corrected chi connectivity index (χ1v) is 13.2. The molecule has 0 saturated heterocycles. The monoisotopic (exact) mass is 380 g/mol. The summed E-state index contributed by atoms with van der Waals surface area (Å²) >= 11 is 11.3. The molecular formula is C8H24Cl2O8P2. The van der Waals surface area contributed by atoms with Crippen molar-refractivity contribution >= 4 is 34.4 Å². The van der Waals surface area contributed by atoms with Crippen LogP contribution in [0, 0.1) is 0 Å². The van der Waals surface area contributed by atoms with E-state index in [-0.39, 0.29) is 0 Å². The predicted molar refractivity (Wildman–Crippen MR) is 82.2 cm³/mol. The van der Waals surface area contributed by atoms with E-state index in [1.54, 1.807) is 0 Å². The fourth-order valence-corrected chi connectivity index (χ4v) is 1.61. The molecule has 0 aliphatic heterocycles. The molecule has 0 unspecified atom stereocenters. The average molecular weight is 381 g/mol. The molecule has 0 aromatic rings. The van der Waals surface area contributed by atoms with E-state index in [0.717, 1.165) is 0 Å². The Labute approximate surface area is 126 Å². The van der Waals surface area contributed by atoms with Crippen LogP contribution < -0.4 is 0 Å². The van der Waals surface area contributed by atoms with Crippen molar-refractivity contribution in [3.8, 4) is 0 Å². The van der Waals surface area contributed by atoms with Crippen LogP contribution in [0.5, 0.6) is 0 Å². The molecule has 8 nitrogen and oxygen atoms in total. The van der Waals surface area contributed by atoms with Crippen molar-refractivity contribution in [3.63, 3.8) is 0 Å². The van der Waals surface area contributed by atoms with Crippen LogP contribution in [0.25, 0.3) is 0 Å². The molecule has 0 atom stereocenters. The molecule has 0 amide bonds. The molecule has 0 rings (SSSR count). The molecule has 128 valence electrons. The molecule has 0 radical (unpaired) electrons. The van der Waals surface area contributed by atoms with E-state index < -0.39 is 62.7 Å². The summed E-state index contributed by atoms with van der Waals surface area (Å²) < 4.78 is 0. The molecular weight excluding hydrogens is 357 g/mol. The van der Waals surface area contributed by atoms with Crippen LogP contribution in [0.3, 0.4) is 0 Å². The summed E-state index contributed by atoms with van der Waals surface area (Å²) in [5.74, 6) is -6.92. The van der Waals surface area contributed by atoms with Gasteiger partial charge in [0.15, 0.2) is 0 Å². The first-order valence-electron chi connectivity index (χ1n) is 5.40. The topological polar surface area (TPSA) is 162 Å². The Kier molecular flexibility index (Phi) is 10.1. The normalized spacial score (nSPS) is 16.3. The van der Waals surface area contributed by atoms with Crippen LogP contribution in [-0.4, -0.2) is 91.6 Å². The molecule has 0 aromatic carbocycles. The molecule has 20 heavy (non-hydrogen) atoms. The van der Waals surface area contributed by atoms with E-state index in [9.17, 15) is 0 Å². The van der Waals surface area contributed by atoms with Crippen molar-refractivity contribution in [3.05, 3.63) is 0 Å². The molecule has 12 heteroatoms. The van der Waals surface area contributed by atoms with Gasteiger partial charge in [-0.05, 0) is 0 Å². The number of hydrogen-bond acceptors (Lipinski definition) is 8. The van der Waals surface area contributed by atoms with Gasteiger partial charge in [-0.25, -0.2) is 0 Å². The zero-order chi connectivity index (χ0) is 16.6. The van der Waals surface area contributed by atoms with Crippen LogP contribution >= 0.6 is 34.4 Å². The summed E-state index contributed by atoms with van der Waals surface area (Å²) in [4.78, 5) is 0. The van der Waals surface area contributed by atoms with Gasteiger partial charge in [-0.1, -0.05) is 0 Å². The van der Waals surface area contributed by atoms with Gasteiger partial charge in [0.1, 0.15) is 0 Å². The fraction of sp³-hybridized carbons (Fsp3) is 1.00. The maximum absolute atomic E-state index is 8.68. The summed E-state index contributed by atoms with van der Waals surface area (Å²) in [6.45, 7) is 0. The van der Waals surface area contributed by atoms with Crippen molar-refractivity contribution in [1.82, 2.24) is 0 Å². The van der Waals surface area contributed by atoms with Gasteiger partial charge < -0.3 is 0 Å². The zero-order valence-electron chi connectivity index (χ0n) is 10.9. The van der Waals surface area contributed by atoms with Gasteiger partial charge in [0.05, 0.1) is 0 Å². The summed E-state index contributed by atoms with van der Waals surface area (Å²) in [6, 6.07) is 0. The van der Waals surface area contributed by atoms with Gasteiger partial charge in [-0.15, -0.1) is 0 Å². The van der Waals surface area contributed by atoms with Crippen LogP contribution in [0.1, 0.15) is 0 Å². The molecule has 0 bridgehead atoms. The molecule has 0 spiro atoms. The third-order valence-electron chi connectivity index (χ3n) is 2.83. The van der Waals surface area contributed by atoms with E-state index in [1.165, 1.54) is 0 Å². The Morgan fingerprint density at radius 3 is 0.500 bits per heavy atom. The van der Waals surface area contributed by atoms with E-state index in [4.69, 9.17) is 63.3 Å². The predicted octanol–water partition coefficient (Wildman–Crippen LogP) is -1.01. The van der Waals surface area contributed by atoms with Crippen LogP contribution in [0.4, 0.5) is 0 Å². The van der Waals surface area contributed by atoms with Gasteiger partial charge in [0, 0.05) is 0 Å². The second-order valence-electron chi connectivity index (χ2n) is 4.77. The van der Waals surface area contributed by atoms with E-state index in [2.05, 4.69) is 0 Å². The molecule has 0 aromatic heterocycles. The Balaban J connectivity index is 0. The van der Waals surface area contributed by atoms with Crippen LogP contribution in [-0.2, 0) is 0 Å². The number of halogens is 2. The van der Waals surface area contributed by atoms with Gasteiger partial charge in [0.2, 0.25) is 0 Å².